The zero-order chi connectivity index (χ0) is 39.1. The first-order valence-corrected chi connectivity index (χ1v) is 21.0. The smallest absolute Gasteiger partial charge is 0.333 e. The van der Waals surface area contributed by atoms with E-state index in [-0.39, 0.29) is 6.85 Å². The van der Waals surface area contributed by atoms with Gasteiger partial charge in [0.25, 0.3) is 0 Å². The molecular formula is C57H35BN2. The highest BCUT2D eigenvalue weighted by atomic mass is 15.2. The Morgan fingerprint density at radius 1 is 0.367 bits per heavy atom. The summed E-state index contributed by atoms with van der Waals surface area (Å²) in [7, 11) is 0. The maximum absolute atomic E-state index is 2.66. The van der Waals surface area contributed by atoms with E-state index in [1.54, 1.807) is 0 Å². The molecule has 14 rings (SSSR count). The number of nitrogens with zero attached hydrogens (tertiary/aromatic N) is 2. The minimum Gasteiger partial charge on any atom is -0.376 e. The highest BCUT2D eigenvalue weighted by molar-refractivity contribution is 6.94. The summed E-state index contributed by atoms with van der Waals surface area (Å²) in [5.41, 5.74) is 21.4. The second-order valence-electron chi connectivity index (χ2n) is 16.7. The summed E-state index contributed by atoms with van der Waals surface area (Å²) >= 11 is 0. The second-order valence-corrected chi connectivity index (χ2v) is 16.7. The number of hydrogen-bond donors (Lipinski definition) is 0. The van der Waals surface area contributed by atoms with Crippen LogP contribution in [-0.2, 0) is 5.41 Å². The Kier molecular flexibility index (Phi) is 6.33. The largest absolute Gasteiger partial charge is 0.376 e. The van der Waals surface area contributed by atoms with E-state index >= 15 is 0 Å². The molecule has 3 heterocycles. The topological polar surface area (TPSA) is 6.48 Å². The summed E-state index contributed by atoms with van der Waals surface area (Å²) in [5.74, 6) is 0. The predicted octanol–water partition coefficient (Wildman–Crippen LogP) is 13.0. The lowest BCUT2D eigenvalue weighted by molar-refractivity contribution is 0.754. The highest BCUT2D eigenvalue weighted by Gasteiger charge is 2.55. The molecule has 3 heteroatoms. The van der Waals surface area contributed by atoms with Gasteiger partial charge in [0.15, 0.2) is 0 Å². The Hall–Kier alpha value is -7.62. The van der Waals surface area contributed by atoms with Crippen molar-refractivity contribution in [1.82, 2.24) is 0 Å². The summed E-state index contributed by atoms with van der Waals surface area (Å²) in [6, 6.07) is 80.0. The summed E-state index contributed by atoms with van der Waals surface area (Å²) in [4.78, 5) is 5.32. The second kappa shape index (κ2) is 11.7. The first-order valence-electron chi connectivity index (χ1n) is 21.0. The molecule has 10 aromatic rings. The van der Waals surface area contributed by atoms with Crippen LogP contribution in [0.4, 0.5) is 28.4 Å². The predicted molar refractivity (Wildman–Crippen MR) is 251 cm³/mol. The molecule has 10 aromatic carbocycles. The molecule has 0 radical (unpaired) electrons. The van der Waals surface area contributed by atoms with Gasteiger partial charge >= 0.3 is 6.85 Å². The van der Waals surface area contributed by atoms with Crippen molar-refractivity contribution in [1.29, 1.82) is 0 Å². The molecule has 1 aliphatic carbocycles. The molecule has 0 unspecified atom stereocenters. The minimum absolute atomic E-state index is 0.101. The molecule has 0 amide bonds. The van der Waals surface area contributed by atoms with Gasteiger partial charge in [-0.3, -0.25) is 0 Å². The highest BCUT2D eigenvalue weighted by Crippen LogP contribution is 2.64. The van der Waals surface area contributed by atoms with Crippen LogP contribution in [0, 0.1) is 0 Å². The molecule has 1 spiro atoms. The minimum atomic E-state index is -0.499. The zero-order valence-electron chi connectivity index (χ0n) is 32.7. The van der Waals surface area contributed by atoms with Gasteiger partial charge in [-0.05, 0) is 114 Å². The van der Waals surface area contributed by atoms with Gasteiger partial charge in [-0.15, -0.1) is 0 Å². The summed E-state index contributed by atoms with van der Waals surface area (Å²) in [5, 5.41) is 5.01. The molecule has 0 atom stereocenters. The summed E-state index contributed by atoms with van der Waals surface area (Å²) < 4.78 is 0. The number of anilines is 5. The molecular weight excluding hydrogens is 723 g/mol. The van der Waals surface area contributed by atoms with Crippen molar-refractivity contribution in [2.24, 2.45) is 0 Å². The van der Waals surface area contributed by atoms with Crippen LogP contribution in [0.5, 0.6) is 0 Å². The van der Waals surface area contributed by atoms with E-state index < -0.39 is 5.41 Å². The van der Waals surface area contributed by atoms with Crippen LogP contribution in [0.1, 0.15) is 22.3 Å². The Morgan fingerprint density at radius 2 is 0.950 bits per heavy atom. The van der Waals surface area contributed by atoms with Gasteiger partial charge in [0, 0.05) is 28.0 Å². The van der Waals surface area contributed by atoms with E-state index in [9.17, 15) is 0 Å². The van der Waals surface area contributed by atoms with Crippen molar-refractivity contribution in [3.8, 4) is 33.4 Å². The Balaban J connectivity index is 1.14. The van der Waals surface area contributed by atoms with Gasteiger partial charge in [-0.2, -0.15) is 0 Å². The molecule has 0 bridgehead atoms. The Labute approximate surface area is 349 Å². The van der Waals surface area contributed by atoms with Crippen LogP contribution in [0.15, 0.2) is 212 Å². The van der Waals surface area contributed by atoms with Gasteiger partial charge in [0.1, 0.15) is 0 Å². The van der Waals surface area contributed by atoms with Gasteiger partial charge in [0.05, 0.1) is 16.8 Å². The van der Waals surface area contributed by atoms with Crippen molar-refractivity contribution in [3.05, 3.63) is 235 Å². The maximum atomic E-state index is 2.66. The van der Waals surface area contributed by atoms with E-state index in [0.717, 1.165) is 0 Å². The molecule has 0 saturated carbocycles. The number of rotatable bonds is 2. The van der Waals surface area contributed by atoms with Gasteiger partial charge < -0.3 is 9.71 Å². The van der Waals surface area contributed by atoms with Crippen molar-refractivity contribution < 1.29 is 0 Å². The third-order valence-electron chi connectivity index (χ3n) is 14.0. The average molecular weight is 759 g/mol. The fraction of sp³-hybridized carbons (Fsp3) is 0.0175. The SMILES string of the molecule is c1ccc(-c2ccc(N3B4c5cccc6c5N(c5ccccc5C65c6ccccc6-c6ccccc65)c5c4c(cc4ccccc54)-c4cc5ccccc5cc43)cc2)cc1. The number of fused-ring (bicyclic) bond motifs is 16. The van der Waals surface area contributed by atoms with E-state index in [1.165, 1.54) is 117 Å². The third kappa shape index (κ3) is 3.99. The number of benzene rings is 10. The van der Waals surface area contributed by atoms with E-state index in [0.29, 0.717) is 0 Å². The lowest BCUT2D eigenvalue weighted by Gasteiger charge is -2.51. The molecule has 60 heavy (non-hydrogen) atoms. The Bertz CT molecular complexity index is 3410. The first kappa shape index (κ1) is 32.4. The monoisotopic (exact) mass is 758 g/mol. The molecule has 0 N–H and O–H groups in total. The van der Waals surface area contributed by atoms with Crippen molar-refractivity contribution >= 4 is 67.8 Å². The van der Waals surface area contributed by atoms with Gasteiger partial charge in [-0.25, -0.2) is 0 Å². The molecule has 2 nitrogen and oxygen atoms in total. The number of hydrogen-bond acceptors (Lipinski definition) is 2. The van der Waals surface area contributed by atoms with Crippen LogP contribution < -0.4 is 20.6 Å². The molecule has 276 valence electrons. The van der Waals surface area contributed by atoms with E-state index in [2.05, 4.69) is 222 Å². The lowest BCUT2D eigenvalue weighted by Crippen LogP contribution is -2.62. The average Bonchev–Trinajstić information content (AvgIpc) is 3.61. The van der Waals surface area contributed by atoms with Gasteiger partial charge in [0.2, 0.25) is 0 Å². The van der Waals surface area contributed by atoms with Crippen LogP contribution in [0.2, 0.25) is 0 Å². The normalized spacial score (nSPS) is 14.4. The molecule has 0 fully saturated rings. The molecule has 4 aliphatic rings. The van der Waals surface area contributed by atoms with E-state index in [4.69, 9.17) is 0 Å². The fourth-order valence-corrected chi connectivity index (χ4v) is 11.7. The van der Waals surface area contributed by atoms with Crippen LogP contribution in [0.3, 0.4) is 0 Å². The quantitative estimate of drug-likeness (QED) is 0.162. The van der Waals surface area contributed by atoms with E-state index in [1.807, 2.05) is 0 Å². The first-order chi connectivity index (χ1) is 29.8. The summed E-state index contributed by atoms with van der Waals surface area (Å²) in [6.45, 7) is -0.101. The van der Waals surface area contributed by atoms with Gasteiger partial charge in [-0.1, -0.05) is 176 Å². The summed E-state index contributed by atoms with van der Waals surface area (Å²) in [6.07, 6.45) is 0. The maximum Gasteiger partial charge on any atom is 0.333 e. The molecule has 3 aliphatic heterocycles. The third-order valence-corrected chi connectivity index (χ3v) is 14.0. The number of para-hydroxylation sites is 2. The molecule has 0 saturated heterocycles. The molecule has 0 aromatic heterocycles. The lowest BCUT2D eigenvalue weighted by atomic mass is 9.42. The Morgan fingerprint density at radius 3 is 1.72 bits per heavy atom. The van der Waals surface area contributed by atoms with Crippen molar-refractivity contribution in [2.75, 3.05) is 9.71 Å². The standard InChI is InChI=1S/C57H35BN2/c1-2-15-36(16-3-1)37-29-31-41(32-30-37)60-53-35-39-18-5-4-17-38(39)33-45(53)46-34-40-19-6-7-20-42(40)55-54(46)58(60)51-27-14-26-50-56(51)59(55)52-28-13-12-25-49(52)57(50)47-23-10-8-21-43(47)44-22-9-11-24-48(44)57/h1-35H. The van der Waals surface area contributed by atoms with Crippen LogP contribution in [-0.4, -0.2) is 6.85 Å². The van der Waals surface area contributed by atoms with Crippen molar-refractivity contribution in [2.45, 2.75) is 5.41 Å². The fourth-order valence-electron chi connectivity index (χ4n) is 11.7. The zero-order valence-corrected chi connectivity index (χ0v) is 32.7. The van der Waals surface area contributed by atoms with Crippen molar-refractivity contribution in [3.63, 3.8) is 0 Å². The van der Waals surface area contributed by atoms with Crippen LogP contribution in [0.25, 0.3) is 54.9 Å². The van der Waals surface area contributed by atoms with Crippen LogP contribution >= 0.6 is 0 Å².